The summed E-state index contributed by atoms with van der Waals surface area (Å²) in [6, 6.07) is 5.25. The van der Waals surface area contributed by atoms with Crippen LogP contribution in [0.2, 0.25) is 0 Å². The lowest BCUT2D eigenvalue weighted by atomic mass is 10.1. The molecule has 0 bridgehead atoms. The second-order valence-electron chi connectivity index (χ2n) is 4.48. The van der Waals surface area contributed by atoms with Gasteiger partial charge in [0.2, 0.25) is 0 Å². The first-order chi connectivity index (χ1) is 7.18. The molecule has 0 aromatic carbocycles. The largest absolute Gasteiger partial charge is 0.462 e. The van der Waals surface area contributed by atoms with Crippen LogP contribution in [0.15, 0.2) is 24.5 Å². The second kappa shape index (κ2) is 4.19. The molecular weight excluding hydrogens is 186 g/mol. The van der Waals surface area contributed by atoms with Gasteiger partial charge in [-0.1, -0.05) is 0 Å². The summed E-state index contributed by atoms with van der Waals surface area (Å²) in [6.07, 6.45) is 3.76. The van der Waals surface area contributed by atoms with Crippen molar-refractivity contribution in [2.75, 3.05) is 18.0 Å². The molecule has 0 spiro atoms. The molecule has 0 saturated carbocycles. The molecule has 2 rings (SSSR count). The van der Waals surface area contributed by atoms with E-state index >= 15 is 0 Å². The Bertz CT molecular complexity index is 312. The van der Waals surface area contributed by atoms with Crippen molar-refractivity contribution in [1.82, 2.24) is 4.98 Å². The van der Waals surface area contributed by atoms with Crippen molar-refractivity contribution >= 4 is 5.69 Å². The van der Waals surface area contributed by atoms with Gasteiger partial charge < -0.3 is 9.80 Å². The van der Waals surface area contributed by atoms with Gasteiger partial charge >= 0.3 is 0 Å². The Morgan fingerprint density at radius 2 is 2.33 bits per heavy atom. The first-order valence-electron chi connectivity index (χ1n) is 5.53. The third-order valence-electron chi connectivity index (χ3n) is 3.23. The molecule has 1 aromatic heterocycles. The lowest BCUT2D eigenvalue weighted by molar-refractivity contribution is -0.882. The number of quaternary nitrogens is 1. The zero-order valence-corrected chi connectivity index (χ0v) is 9.48. The number of hydrogen-bond donors (Lipinski definition) is 1. The first kappa shape index (κ1) is 10.4. The first-order valence-corrected chi connectivity index (χ1v) is 5.53. The third kappa shape index (κ3) is 2.12. The molecule has 0 amide bonds. The van der Waals surface area contributed by atoms with Gasteiger partial charge in [-0.05, 0) is 26.0 Å². The molecule has 1 aromatic rings. The molecule has 1 aliphatic rings. The highest BCUT2D eigenvalue weighted by atomic mass is 15.3. The maximum Gasteiger partial charge on any atom is 0.0785 e. The van der Waals surface area contributed by atoms with Gasteiger partial charge in [-0.15, -0.1) is 0 Å². The highest BCUT2D eigenvalue weighted by molar-refractivity contribution is 5.45. The van der Waals surface area contributed by atoms with E-state index in [1.165, 1.54) is 10.6 Å². The van der Waals surface area contributed by atoms with E-state index in [1.54, 1.807) is 0 Å². The molecule has 82 valence electrons. The predicted octanol–water partition coefficient (Wildman–Crippen LogP) is 0.355. The van der Waals surface area contributed by atoms with Crippen molar-refractivity contribution < 1.29 is 4.90 Å². The van der Waals surface area contributed by atoms with Crippen LogP contribution in [0, 0.1) is 7.05 Å². The molecular formula is C12H19N3. The fourth-order valence-electron chi connectivity index (χ4n) is 2.18. The van der Waals surface area contributed by atoms with Crippen LogP contribution in [0.3, 0.4) is 0 Å². The van der Waals surface area contributed by atoms with Crippen molar-refractivity contribution in [3.63, 3.8) is 0 Å². The molecule has 0 radical (unpaired) electrons. The van der Waals surface area contributed by atoms with Gasteiger partial charge in [-0.3, -0.25) is 4.98 Å². The monoisotopic (exact) mass is 205 g/mol. The van der Waals surface area contributed by atoms with E-state index in [9.17, 15) is 0 Å². The molecule has 2 heterocycles. The zero-order valence-electron chi connectivity index (χ0n) is 9.48. The average Bonchev–Trinajstić information content (AvgIpc) is 2.25. The summed E-state index contributed by atoms with van der Waals surface area (Å²) in [5.41, 5.74) is 1.23. The van der Waals surface area contributed by atoms with Crippen LogP contribution in [0.5, 0.6) is 0 Å². The van der Waals surface area contributed by atoms with Crippen LogP contribution in [-0.2, 0) is 0 Å². The summed E-state index contributed by atoms with van der Waals surface area (Å²) in [4.78, 5) is 7.97. The Labute approximate surface area is 91.7 Å². The summed E-state index contributed by atoms with van der Waals surface area (Å²) in [5, 5.41) is 0. The topological polar surface area (TPSA) is 20.6 Å². The minimum absolute atomic E-state index is 0.540. The Kier molecular flexibility index (Phi) is 2.91. The quantitative estimate of drug-likeness (QED) is 0.668. The third-order valence-corrected chi connectivity index (χ3v) is 3.23. The van der Waals surface area contributed by atoms with Crippen molar-refractivity contribution in [3.8, 4) is 0 Å². The minimum atomic E-state index is 0.540. The van der Waals surface area contributed by atoms with Crippen LogP contribution < -0.4 is 9.80 Å². The van der Waals surface area contributed by atoms with E-state index in [-0.39, 0.29) is 0 Å². The molecule has 0 aliphatic carbocycles. The molecule has 1 fully saturated rings. The van der Waals surface area contributed by atoms with Gasteiger partial charge in [-0.25, -0.2) is 0 Å². The summed E-state index contributed by atoms with van der Waals surface area (Å²) >= 11 is 0. The number of hydrogen-bond acceptors (Lipinski definition) is 2. The minimum Gasteiger partial charge on any atom is -0.462 e. The van der Waals surface area contributed by atoms with Gasteiger partial charge in [0.05, 0.1) is 37.1 Å². The van der Waals surface area contributed by atoms with Gasteiger partial charge in [0.15, 0.2) is 0 Å². The number of nitrogens with one attached hydrogen (secondary N) is 1. The highest BCUT2D eigenvalue weighted by Gasteiger charge is 2.27. The van der Waals surface area contributed by atoms with Gasteiger partial charge in [0.25, 0.3) is 0 Å². The number of rotatable bonds is 1. The average molecular weight is 205 g/mol. The van der Waals surface area contributed by atoms with E-state index in [1.807, 2.05) is 18.5 Å². The van der Waals surface area contributed by atoms with Gasteiger partial charge in [0, 0.05) is 6.20 Å². The van der Waals surface area contributed by atoms with Crippen LogP contribution in [-0.4, -0.2) is 30.2 Å². The lowest BCUT2D eigenvalue weighted by Crippen LogP contribution is -3.14. The maximum absolute atomic E-state index is 4.17. The molecule has 3 nitrogen and oxygen atoms in total. The van der Waals surface area contributed by atoms with Crippen LogP contribution in [0.1, 0.15) is 13.8 Å². The molecule has 15 heavy (non-hydrogen) atoms. The zero-order chi connectivity index (χ0) is 10.8. The fourth-order valence-corrected chi connectivity index (χ4v) is 2.18. The smallest absolute Gasteiger partial charge is 0.0785 e. The summed E-state index contributed by atoms with van der Waals surface area (Å²) in [7, 11) is 4.13. The van der Waals surface area contributed by atoms with E-state index < -0.39 is 0 Å². The van der Waals surface area contributed by atoms with E-state index in [0.717, 1.165) is 13.1 Å². The van der Waals surface area contributed by atoms with Crippen molar-refractivity contribution in [3.05, 3.63) is 31.6 Å². The normalized spacial score (nSPS) is 31.7. The number of nitrogens with zero attached hydrogens (tertiary/aromatic N) is 2. The fraction of sp³-hybridized carbons (Fsp3) is 0.500. The van der Waals surface area contributed by atoms with Crippen molar-refractivity contribution in [1.29, 1.82) is 0 Å². The lowest BCUT2D eigenvalue weighted by Gasteiger charge is -2.44. The number of pyridine rings is 1. The van der Waals surface area contributed by atoms with Crippen LogP contribution in [0.25, 0.3) is 0 Å². The maximum atomic E-state index is 4.17. The molecule has 1 unspecified atom stereocenters. The van der Waals surface area contributed by atoms with Gasteiger partial charge in [0.1, 0.15) is 0 Å². The summed E-state index contributed by atoms with van der Waals surface area (Å²) < 4.78 is 0. The SMILES string of the molecule is [CH2-][NH+]1C[C@H](C)N(c2cccnc2)C[C@H]1C. The molecule has 3 heteroatoms. The summed E-state index contributed by atoms with van der Waals surface area (Å²) in [6.45, 7) is 6.66. The molecule has 1 aliphatic heterocycles. The van der Waals surface area contributed by atoms with E-state index in [0.29, 0.717) is 12.1 Å². The Morgan fingerprint density at radius 3 is 3.00 bits per heavy atom. The molecule has 3 atom stereocenters. The van der Waals surface area contributed by atoms with E-state index in [4.69, 9.17) is 0 Å². The number of aromatic nitrogens is 1. The second-order valence-corrected chi connectivity index (χ2v) is 4.48. The van der Waals surface area contributed by atoms with Gasteiger partial charge in [-0.2, -0.15) is 7.05 Å². The molecule has 1 N–H and O–H groups in total. The predicted molar refractivity (Wildman–Crippen MR) is 61.7 cm³/mol. The molecule has 1 saturated heterocycles. The number of anilines is 1. The Balaban J connectivity index is 2.16. The van der Waals surface area contributed by atoms with Crippen molar-refractivity contribution in [2.45, 2.75) is 25.9 Å². The Hall–Kier alpha value is -1.09. The van der Waals surface area contributed by atoms with E-state index in [2.05, 4.69) is 36.8 Å². The standard InChI is InChI=1S/C12H19N3/c1-10-9-15(11(2)8-14(10)3)12-5-4-6-13-7-12/h4-7,10-11,14H,3,8-9H2,1-2H3/t10-,11+/m1/s1. The number of piperazine rings is 1. The Morgan fingerprint density at radius 1 is 1.53 bits per heavy atom. The highest BCUT2D eigenvalue weighted by Crippen LogP contribution is 2.16. The summed E-state index contributed by atoms with van der Waals surface area (Å²) in [5.74, 6) is 0. The van der Waals surface area contributed by atoms with Crippen molar-refractivity contribution in [2.24, 2.45) is 0 Å². The van der Waals surface area contributed by atoms with Crippen LogP contribution in [0.4, 0.5) is 5.69 Å². The van der Waals surface area contributed by atoms with Crippen LogP contribution >= 0.6 is 0 Å².